The van der Waals surface area contributed by atoms with E-state index in [9.17, 15) is 9.59 Å². The van der Waals surface area contributed by atoms with Crippen LogP contribution in [0.2, 0.25) is 5.15 Å². The number of aromatic nitrogens is 1. The molecule has 0 spiro atoms. The normalized spacial score (nSPS) is 21.0. The standard InChI is InChI=1S/C17H24ClN3O3/c1-17(2,3)24-16(23)21-13-6-4-12(5-7-13)20-14-8-15(18)19-9-11(14)10-22/h8-10,12-13H,4-7H2,1-3H3,(H,19,20)(H,21,23)/t12-,13+. The number of nitrogens with zero attached hydrogens (tertiary/aromatic N) is 1. The van der Waals surface area contributed by atoms with E-state index in [1.165, 1.54) is 6.20 Å². The molecule has 2 rings (SSSR count). The molecule has 132 valence electrons. The van der Waals surface area contributed by atoms with E-state index >= 15 is 0 Å². The highest BCUT2D eigenvalue weighted by molar-refractivity contribution is 6.29. The van der Waals surface area contributed by atoms with Gasteiger partial charge in [0.05, 0.1) is 5.56 Å². The Bertz CT molecular complexity index is 593. The molecule has 7 heteroatoms. The summed E-state index contributed by atoms with van der Waals surface area (Å²) in [6.07, 6.45) is 5.34. The fourth-order valence-electron chi connectivity index (χ4n) is 2.74. The Hall–Kier alpha value is -1.82. The van der Waals surface area contributed by atoms with Crippen LogP contribution in [0.4, 0.5) is 10.5 Å². The minimum atomic E-state index is -0.491. The first-order chi connectivity index (χ1) is 11.3. The van der Waals surface area contributed by atoms with Crippen molar-refractivity contribution in [1.82, 2.24) is 10.3 Å². The van der Waals surface area contributed by atoms with Crippen LogP contribution in [-0.2, 0) is 4.74 Å². The zero-order chi connectivity index (χ0) is 17.7. The second-order valence-corrected chi connectivity index (χ2v) is 7.44. The first kappa shape index (κ1) is 18.5. The van der Waals surface area contributed by atoms with E-state index in [1.807, 2.05) is 20.8 Å². The minimum Gasteiger partial charge on any atom is -0.444 e. The number of carbonyl (C=O) groups is 2. The second kappa shape index (κ2) is 7.83. The summed E-state index contributed by atoms with van der Waals surface area (Å²) in [6.45, 7) is 5.54. The number of nitrogens with one attached hydrogen (secondary N) is 2. The SMILES string of the molecule is CC(C)(C)OC(=O)N[C@H]1CC[C@@H](Nc2cc(Cl)ncc2C=O)CC1. The Morgan fingerprint density at radius 2 is 1.92 bits per heavy atom. The number of anilines is 1. The number of ether oxygens (including phenoxy) is 1. The quantitative estimate of drug-likeness (QED) is 0.635. The number of amides is 1. The lowest BCUT2D eigenvalue weighted by Gasteiger charge is -2.31. The molecule has 0 aromatic carbocycles. The number of rotatable bonds is 4. The number of hydrogen-bond acceptors (Lipinski definition) is 5. The number of pyridine rings is 1. The van der Waals surface area contributed by atoms with E-state index in [2.05, 4.69) is 15.6 Å². The van der Waals surface area contributed by atoms with Gasteiger partial charge in [0.15, 0.2) is 6.29 Å². The molecular formula is C17H24ClN3O3. The van der Waals surface area contributed by atoms with Crippen LogP contribution in [-0.4, -0.2) is 35.0 Å². The van der Waals surface area contributed by atoms with E-state index < -0.39 is 5.60 Å². The van der Waals surface area contributed by atoms with Crippen molar-refractivity contribution in [2.45, 2.75) is 64.1 Å². The maximum absolute atomic E-state index is 11.8. The summed E-state index contributed by atoms with van der Waals surface area (Å²) in [5.74, 6) is 0. The van der Waals surface area contributed by atoms with Gasteiger partial charge in [0, 0.05) is 24.0 Å². The fourth-order valence-corrected chi connectivity index (χ4v) is 2.89. The molecule has 0 unspecified atom stereocenters. The summed E-state index contributed by atoms with van der Waals surface area (Å²) in [4.78, 5) is 26.8. The average molecular weight is 354 g/mol. The Kier molecular flexibility index (Phi) is 6.04. The van der Waals surface area contributed by atoms with E-state index in [1.54, 1.807) is 6.07 Å². The van der Waals surface area contributed by atoms with Crippen LogP contribution >= 0.6 is 11.6 Å². The minimum absolute atomic E-state index is 0.115. The molecule has 0 radical (unpaired) electrons. The molecule has 0 aliphatic heterocycles. The van der Waals surface area contributed by atoms with Crippen LogP contribution in [0.25, 0.3) is 0 Å². The number of carbonyl (C=O) groups excluding carboxylic acids is 2. The maximum atomic E-state index is 11.8. The molecule has 1 heterocycles. The van der Waals surface area contributed by atoms with Gasteiger partial charge in [-0.1, -0.05) is 11.6 Å². The van der Waals surface area contributed by atoms with Gasteiger partial charge in [0.1, 0.15) is 10.8 Å². The number of aldehydes is 1. The monoisotopic (exact) mass is 353 g/mol. The molecule has 6 nitrogen and oxygen atoms in total. The van der Waals surface area contributed by atoms with Crippen LogP contribution in [0.5, 0.6) is 0 Å². The molecule has 2 N–H and O–H groups in total. The molecule has 0 atom stereocenters. The first-order valence-corrected chi connectivity index (χ1v) is 8.51. The molecule has 1 aromatic heterocycles. The molecule has 0 bridgehead atoms. The van der Waals surface area contributed by atoms with Gasteiger partial charge >= 0.3 is 6.09 Å². The smallest absolute Gasteiger partial charge is 0.407 e. The van der Waals surface area contributed by atoms with Crippen molar-refractivity contribution < 1.29 is 14.3 Å². The van der Waals surface area contributed by atoms with Gasteiger partial charge in [-0.3, -0.25) is 4.79 Å². The maximum Gasteiger partial charge on any atom is 0.407 e. The van der Waals surface area contributed by atoms with E-state index in [0.29, 0.717) is 16.4 Å². The van der Waals surface area contributed by atoms with Gasteiger partial charge in [-0.25, -0.2) is 9.78 Å². The van der Waals surface area contributed by atoms with Crippen molar-refractivity contribution >= 4 is 29.7 Å². The third-order valence-corrected chi connectivity index (χ3v) is 4.04. The second-order valence-electron chi connectivity index (χ2n) is 7.05. The average Bonchev–Trinajstić information content (AvgIpc) is 2.47. The predicted octanol–water partition coefficient (Wildman–Crippen LogP) is 3.80. The molecule has 0 saturated heterocycles. The number of alkyl carbamates (subject to hydrolysis) is 1. The lowest BCUT2D eigenvalue weighted by molar-refractivity contribution is 0.0492. The van der Waals surface area contributed by atoms with E-state index in [-0.39, 0.29) is 18.2 Å². The summed E-state index contributed by atoms with van der Waals surface area (Å²) < 4.78 is 5.28. The van der Waals surface area contributed by atoms with Gasteiger partial charge in [0.2, 0.25) is 0 Å². The lowest BCUT2D eigenvalue weighted by Crippen LogP contribution is -2.42. The van der Waals surface area contributed by atoms with E-state index in [0.717, 1.165) is 32.0 Å². The summed E-state index contributed by atoms with van der Waals surface area (Å²) in [5, 5.41) is 6.62. The molecule has 1 aliphatic carbocycles. The van der Waals surface area contributed by atoms with E-state index in [4.69, 9.17) is 16.3 Å². The Balaban J connectivity index is 1.84. The number of halogens is 1. The van der Waals surface area contributed by atoms with Crippen molar-refractivity contribution in [3.8, 4) is 0 Å². The molecule has 1 amide bonds. The first-order valence-electron chi connectivity index (χ1n) is 8.13. The van der Waals surface area contributed by atoms with Crippen molar-refractivity contribution in [2.75, 3.05) is 5.32 Å². The summed E-state index contributed by atoms with van der Waals surface area (Å²) >= 11 is 5.90. The van der Waals surface area contributed by atoms with Gasteiger partial charge in [-0.05, 0) is 52.5 Å². The zero-order valence-corrected chi connectivity index (χ0v) is 15.0. The van der Waals surface area contributed by atoms with Gasteiger partial charge in [0.25, 0.3) is 0 Å². The van der Waals surface area contributed by atoms with Crippen LogP contribution in [0, 0.1) is 0 Å². The zero-order valence-electron chi connectivity index (χ0n) is 14.3. The highest BCUT2D eigenvalue weighted by Crippen LogP contribution is 2.25. The molecule has 24 heavy (non-hydrogen) atoms. The van der Waals surface area contributed by atoms with Crippen molar-refractivity contribution in [3.05, 3.63) is 23.0 Å². The summed E-state index contributed by atoms with van der Waals surface area (Å²) in [5.41, 5.74) is 0.705. The van der Waals surface area contributed by atoms with Crippen molar-refractivity contribution in [1.29, 1.82) is 0 Å². The van der Waals surface area contributed by atoms with Crippen molar-refractivity contribution in [2.24, 2.45) is 0 Å². The fraction of sp³-hybridized carbons (Fsp3) is 0.588. The summed E-state index contributed by atoms with van der Waals surface area (Å²) in [6, 6.07) is 2.01. The van der Waals surface area contributed by atoms with Gasteiger partial charge in [-0.15, -0.1) is 0 Å². The van der Waals surface area contributed by atoms with Gasteiger partial charge < -0.3 is 15.4 Å². The Labute approximate surface area is 147 Å². The van der Waals surface area contributed by atoms with Crippen LogP contribution in [0.15, 0.2) is 12.3 Å². The van der Waals surface area contributed by atoms with Crippen LogP contribution < -0.4 is 10.6 Å². The lowest BCUT2D eigenvalue weighted by atomic mass is 9.91. The molecule has 1 saturated carbocycles. The predicted molar refractivity (Wildman–Crippen MR) is 93.7 cm³/mol. The van der Waals surface area contributed by atoms with Crippen LogP contribution in [0.1, 0.15) is 56.8 Å². The van der Waals surface area contributed by atoms with Gasteiger partial charge in [-0.2, -0.15) is 0 Å². The molecular weight excluding hydrogens is 330 g/mol. The Morgan fingerprint density at radius 3 is 2.50 bits per heavy atom. The molecule has 1 fully saturated rings. The largest absolute Gasteiger partial charge is 0.444 e. The number of hydrogen-bond donors (Lipinski definition) is 2. The highest BCUT2D eigenvalue weighted by Gasteiger charge is 2.25. The third-order valence-electron chi connectivity index (χ3n) is 3.84. The summed E-state index contributed by atoms with van der Waals surface area (Å²) in [7, 11) is 0. The molecule has 1 aliphatic rings. The molecule has 1 aromatic rings. The van der Waals surface area contributed by atoms with Crippen LogP contribution in [0.3, 0.4) is 0 Å². The Morgan fingerprint density at radius 1 is 1.29 bits per heavy atom. The topological polar surface area (TPSA) is 80.3 Å². The van der Waals surface area contributed by atoms with Crippen molar-refractivity contribution in [3.63, 3.8) is 0 Å². The highest BCUT2D eigenvalue weighted by atomic mass is 35.5. The third kappa shape index (κ3) is 5.67.